The molecule has 0 aliphatic heterocycles. The highest BCUT2D eigenvalue weighted by Gasteiger charge is 2.19. The van der Waals surface area contributed by atoms with E-state index in [1.165, 1.54) is 53.2 Å². The summed E-state index contributed by atoms with van der Waals surface area (Å²) >= 11 is 5.96. The first-order valence-electron chi connectivity index (χ1n) is 12.0. The summed E-state index contributed by atoms with van der Waals surface area (Å²) in [5.41, 5.74) is -0.423. The minimum atomic E-state index is -1.22. The Bertz CT molecular complexity index is 2190. The van der Waals surface area contributed by atoms with Gasteiger partial charge in [0.25, 0.3) is 11.1 Å². The molecule has 14 heteroatoms. The van der Waals surface area contributed by atoms with Crippen LogP contribution in [0.2, 0.25) is 5.02 Å². The number of nitrogens with zero attached hydrogens (tertiary/aromatic N) is 5. The van der Waals surface area contributed by atoms with Crippen LogP contribution in [0.15, 0.2) is 50.8 Å². The number of methoxy groups -OCH3 is 1. The number of ether oxygens (including phenoxy) is 2. The Morgan fingerprint density at radius 1 is 1.02 bits per heavy atom. The summed E-state index contributed by atoms with van der Waals surface area (Å²) in [5, 5.41) is 12.8. The van der Waals surface area contributed by atoms with Crippen LogP contribution in [0, 0.1) is 0 Å². The molecule has 0 bridgehead atoms. The molecule has 0 amide bonds. The number of aryl methyl sites for hydroxylation is 2. The van der Waals surface area contributed by atoms with Crippen molar-refractivity contribution in [1.29, 1.82) is 0 Å². The number of halogens is 1. The third-order valence-electron chi connectivity index (χ3n) is 6.58. The van der Waals surface area contributed by atoms with E-state index in [0.717, 1.165) is 4.57 Å². The maximum absolute atomic E-state index is 13.2. The van der Waals surface area contributed by atoms with Crippen molar-refractivity contribution in [3.8, 4) is 23.2 Å². The van der Waals surface area contributed by atoms with Gasteiger partial charge in [-0.05, 0) is 42.0 Å². The molecule has 5 rings (SSSR count). The van der Waals surface area contributed by atoms with Gasteiger partial charge in [-0.1, -0.05) is 24.2 Å². The van der Waals surface area contributed by atoms with Crippen molar-refractivity contribution in [3.63, 3.8) is 0 Å². The topological polar surface area (TPSA) is 155 Å². The highest BCUT2D eigenvalue weighted by molar-refractivity contribution is 6.33. The van der Waals surface area contributed by atoms with Crippen LogP contribution >= 0.6 is 11.6 Å². The van der Waals surface area contributed by atoms with E-state index < -0.39 is 22.8 Å². The molecule has 3 aromatic heterocycles. The van der Waals surface area contributed by atoms with E-state index in [0.29, 0.717) is 16.7 Å². The van der Waals surface area contributed by atoms with Crippen molar-refractivity contribution in [2.75, 3.05) is 7.11 Å². The average Bonchev–Trinajstić information content (AvgIpc) is 3.42. The van der Waals surface area contributed by atoms with Gasteiger partial charge >= 0.3 is 17.7 Å². The molecule has 0 aliphatic rings. The summed E-state index contributed by atoms with van der Waals surface area (Å²) in [5.74, 6) is -0.649. The van der Waals surface area contributed by atoms with Crippen molar-refractivity contribution >= 4 is 41.4 Å². The van der Waals surface area contributed by atoms with Gasteiger partial charge in [-0.25, -0.2) is 14.3 Å². The van der Waals surface area contributed by atoms with Crippen molar-refractivity contribution in [1.82, 2.24) is 28.5 Å². The number of aromatic nitrogens is 6. The molecular weight excluding hydrogens is 556 g/mol. The molecule has 3 heterocycles. The minimum Gasteiger partial charge on any atom is -0.493 e. The Labute approximate surface area is 235 Å². The molecule has 0 atom stereocenters. The summed E-state index contributed by atoms with van der Waals surface area (Å²) in [6.07, 6.45) is 1.59. The molecule has 0 saturated carbocycles. The molecule has 0 fully saturated rings. The normalized spacial score (nSPS) is 11.8. The van der Waals surface area contributed by atoms with Gasteiger partial charge in [0.2, 0.25) is 0 Å². The van der Waals surface area contributed by atoms with Gasteiger partial charge < -0.3 is 14.6 Å². The monoisotopic (exact) mass is 578 g/mol. The quantitative estimate of drug-likeness (QED) is 0.300. The lowest BCUT2D eigenvalue weighted by molar-refractivity contribution is 0.0697. The van der Waals surface area contributed by atoms with Gasteiger partial charge in [0, 0.05) is 21.1 Å². The number of benzene rings is 2. The fraction of sp³-hybridized carbons (Fsp3) is 0.148. The largest absolute Gasteiger partial charge is 0.493 e. The van der Waals surface area contributed by atoms with E-state index in [4.69, 9.17) is 21.1 Å². The van der Waals surface area contributed by atoms with Crippen LogP contribution in [0.1, 0.15) is 15.9 Å². The zero-order valence-electron chi connectivity index (χ0n) is 22.3. The Morgan fingerprint density at radius 3 is 2.44 bits per heavy atom. The van der Waals surface area contributed by atoms with Gasteiger partial charge in [-0.15, -0.1) is 0 Å². The molecule has 2 aromatic carbocycles. The van der Waals surface area contributed by atoms with Gasteiger partial charge in [0.05, 0.1) is 34.0 Å². The van der Waals surface area contributed by atoms with Crippen LogP contribution < -0.4 is 36.8 Å². The van der Waals surface area contributed by atoms with E-state index in [-0.39, 0.29) is 44.4 Å². The predicted molar refractivity (Wildman–Crippen MR) is 151 cm³/mol. The summed E-state index contributed by atoms with van der Waals surface area (Å²) < 4.78 is 16.3. The molecule has 0 saturated heterocycles. The van der Waals surface area contributed by atoms with Crippen molar-refractivity contribution < 1.29 is 19.4 Å². The van der Waals surface area contributed by atoms with Gasteiger partial charge in [0.15, 0.2) is 22.7 Å². The number of carboxylic acids is 1. The predicted octanol–water partition coefficient (Wildman–Crippen LogP) is 0.841. The van der Waals surface area contributed by atoms with Crippen LogP contribution in [0.3, 0.4) is 0 Å². The highest BCUT2D eigenvalue weighted by Crippen LogP contribution is 2.32. The Hall–Kier alpha value is -5.30. The molecule has 0 radical (unpaired) electrons. The fourth-order valence-electron chi connectivity index (χ4n) is 4.36. The molecule has 0 aliphatic carbocycles. The lowest BCUT2D eigenvalue weighted by Crippen LogP contribution is -2.37. The number of hydrogen-bond donors (Lipinski definition) is 2. The summed E-state index contributed by atoms with van der Waals surface area (Å²) in [6, 6.07) is 9.17. The minimum absolute atomic E-state index is 0.0436. The number of fused-ring (bicyclic) bond motifs is 1. The van der Waals surface area contributed by atoms with Crippen LogP contribution in [0.4, 0.5) is 0 Å². The van der Waals surface area contributed by atoms with E-state index in [2.05, 4.69) is 16.7 Å². The number of aromatic carboxylic acids is 1. The van der Waals surface area contributed by atoms with Crippen molar-refractivity contribution in [2.45, 2.75) is 0 Å². The maximum Gasteiger partial charge on any atom is 0.337 e. The van der Waals surface area contributed by atoms with Crippen LogP contribution in [-0.2, 0) is 21.1 Å². The molecule has 2 N–H and O–H groups in total. The Morgan fingerprint density at radius 2 is 1.76 bits per heavy atom. The third kappa shape index (κ3) is 4.51. The third-order valence-corrected chi connectivity index (χ3v) is 6.91. The number of hydrogen-bond acceptors (Lipinski definition) is 7. The van der Waals surface area contributed by atoms with Crippen LogP contribution in [-0.4, -0.2) is 46.7 Å². The zero-order chi connectivity index (χ0) is 29.7. The summed E-state index contributed by atoms with van der Waals surface area (Å²) in [4.78, 5) is 54.0. The number of imidazole rings is 1. The summed E-state index contributed by atoms with van der Waals surface area (Å²) in [6.45, 7) is 3.90. The molecule has 0 unspecified atom stereocenters. The second-order valence-electron chi connectivity index (χ2n) is 9.10. The first-order chi connectivity index (χ1) is 19.4. The number of H-pyrrole nitrogens is 1. The molecular formula is C27H23ClN6O7. The van der Waals surface area contributed by atoms with E-state index in [1.807, 2.05) is 0 Å². The van der Waals surface area contributed by atoms with E-state index in [9.17, 15) is 24.3 Å². The van der Waals surface area contributed by atoms with Crippen molar-refractivity contribution in [3.05, 3.63) is 94.3 Å². The molecule has 13 nitrogen and oxygen atoms in total. The number of rotatable bonds is 6. The van der Waals surface area contributed by atoms with Gasteiger partial charge in [-0.3, -0.25) is 28.4 Å². The lowest BCUT2D eigenvalue weighted by atomic mass is 10.1. The molecule has 5 aromatic rings. The van der Waals surface area contributed by atoms with Gasteiger partial charge in [0.1, 0.15) is 0 Å². The van der Waals surface area contributed by atoms with E-state index in [1.54, 1.807) is 31.3 Å². The molecule has 0 spiro atoms. The highest BCUT2D eigenvalue weighted by atomic mass is 35.5. The SMILES string of the molecule is C=c1[nH]n(-c2ccc(Cl)c(C(=O)O)c2)c(=O)c1=Cc1ccc(Oc2nc3c(c(=O)n(C)c(=O)n3C)n2C)c(OC)c1. The first-order valence-corrected chi connectivity index (χ1v) is 12.3. The number of carboxylic acid groups (broad SMARTS) is 1. The molecule has 210 valence electrons. The second kappa shape index (κ2) is 10.0. The lowest BCUT2D eigenvalue weighted by Gasteiger charge is -2.10. The standard InChI is InChI=1S/C27H23ClN6O7/c1-13-16(23(35)34(30-13)15-7-8-18(28)17(12-15)25(37)38)10-14-6-9-19(20(11-14)40-5)41-26-29-22-21(31(26)2)24(36)33(4)27(39)32(22)3/h6-12,30H,1H2,2-5H3,(H,37,38). The zero-order valence-corrected chi connectivity index (χ0v) is 23.0. The second-order valence-corrected chi connectivity index (χ2v) is 9.51. The number of nitrogens with one attached hydrogen (secondary N) is 1. The van der Waals surface area contributed by atoms with Crippen LogP contribution in [0.5, 0.6) is 17.5 Å². The van der Waals surface area contributed by atoms with E-state index >= 15 is 0 Å². The van der Waals surface area contributed by atoms with Crippen LogP contribution in [0.25, 0.3) is 29.5 Å². The molecule has 41 heavy (non-hydrogen) atoms. The average molecular weight is 579 g/mol. The smallest absolute Gasteiger partial charge is 0.337 e. The van der Waals surface area contributed by atoms with Gasteiger partial charge in [-0.2, -0.15) is 4.98 Å². The number of carbonyl (C=O) groups is 1. The fourth-order valence-corrected chi connectivity index (χ4v) is 4.55. The summed E-state index contributed by atoms with van der Waals surface area (Å²) in [7, 11) is 5.93. The first kappa shape index (κ1) is 27.3. The Balaban J connectivity index is 1.55. The Kier molecular flexibility index (Phi) is 6.67. The van der Waals surface area contributed by atoms with Crippen molar-refractivity contribution in [2.24, 2.45) is 21.1 Å². The number of aromatic amines is 1. The maximum atomic E-state index is 13.2.